The van der Waals surface area contributed by atoms with Crippen LogP contribution in [0.4, 0.5) is 10.5 Å². The van der Waals surface area contributed by atoms with Crippen LogP contribution < -0.4 is 15.4 Å². The Hall–Kier alpha value is -3.21. The number of nitrogens with zero attached hydrogens (tertiary/aromatic N) is 2. The normalized spacial score (nSPS) is 14.8. The topological polar surface area (TPSA) is 104 Å². The summed E-state index contributed by atoms with van der Waals surface area (Å²) in [6, 6.07) is 7.41. The molecule has 1 saturated heterocycles. The van der Waals surface area contributed by atoms with Crippen LogP contribution in [0.1, 0.15) is 25.3 Å². The summed E-state index contributed by atoms with van der Waals surface area (Å²) in [6.07, 6.45) is 2.55. The molecule has 0 radical (unpaired) electrons. The van der Waals surface area contributed by atoms with Gasteiger partial charge in [0.25, 0.3) is 5.91 Å². The Balaban J connectivity index is 1.94. The number of nitriles is 1. The van der Waals surface area contributed by atoms with E-state index >= 15 is 0 Å². The van der Waals surface area contributed by atoms with Crippen molar-refractivity contribution in [1.29, 1.82) is 5.26 Å². The number of piperidine rings is 1. The Morgan fingerprint density at radius 3 is 2.68 bits per heavy atom. The number of rotatable bonds is 6. The third-order valence-electron chi connectivity index (χ3n) is 4.45. The molecule has 2 amide bonds. The first-order valence-electron chi connectivity index (χ1n) is 9.22. The summed E-state index contributed by atoms with van der Waals surface area (Å²) in [7, 11) is 1.52. The van der Waals surface area contributed by atoms with Crippen LogP contribution in [0.2, 0.25) is 0 Å². The molecular formula is C20H26N4O4. The van der Waals surface area contributed by atoms with Gasteiger partial charge in [-0.1, -0.05) is 6.07 Å². The molecule has 8 nitrogen and oxygen atoms in total. The van der Waals surface area contributed by atoms with Gasteiger partial charge in [0.1, 0.15) is 17.4 Å². The van der Waals surface area contributed by atoms with E-state index in [0.29, 0.717) is 44.0 Å². The van der Waals surface area contributed by atoms with Gasteiger partial charge in [-0.15, -0.1) is 0 Å². The van der Waals surface area contributed by atoms with Crippen molar-refractivity contribution < 1.29 is 19.1 Å². The molecule has 0 aliphatic carbocycles. The summed E-state index contributed by atoms with van der Waals surface area (Å²) in [5.74, 6) is 0.0124. The number of likely N-dealkylation sites (tertiary alicyclic amines) is 1. The van der Waals surface area contributed by atoms with E-state index in [2.05, 4.69) is 10.6 Å². The average molecular weight is 386 g/mol. The molecule has 0 bridgehead atoms. The van der Waals surface area contributed by atoms with E-state index in [1.54, 1.807) is 24.0 Å². The van der Waals surface area contributed by atoms with E-state index in [9.17, 15) is 14.9 Å². The molecule has 28 heavy (non-hydrogen) atoms. The first kappa shape index (κ1) is 21.1. The quantitative estimate of drug-likeness (QED) is 0.575. The summed E-state index contributed by atoms with van der Waals surface area (Å²) in [4.78, 5) is 25.8. The lowest BCUT2D eigenvalue weighted by Crippen LogP contribution is -2.44. The number of benzene rings is 1. The zero-order chi connectivity index (χ0) is 20.5. The number of hydrogen-bond acceptors (Lipinski definition) is 6. The van der Waals surface area contributed by atoms with Gasteiger partial charge in [0.05, 0.1) is 19.4 Å². The van der Waals surface area contributed by atoms with Crippen molar-refractivity contribution in [1.82, 2.24) is 10.2 Å². The molecule has 0 saturated carbocycles. The summed E-state index contributed by atoms with van der Waals surface area (Å²) in [6.45, 7) is 5.17. The predicted octanol–water partition coefficient (Wildman–Crippen LogP) is 2.56. The molecule has 0 atom stereocenters. The molecule has 1 aliphatic heterocycles. The number of ether oxygens (including phenoxy) is 2. The maximum Gasteiger partial charge on any atom is 0.409 e. The number of hydrogen-bond donors (Lipinski definition) is 2. The van der Waals surface area contributed by atoms with E-state index in [0.717, 1.165) is 5.56 Å². The monoisotopic (exact) mass is 386 g/mol. The van der Waals surface area contributed by atoms with E-state index in [4.69, 9.17) is 9.47 Å². The van der Waals surface area contributed by atoms with Gasteiger partial charge in [0, 0.05) is 25.3 Å². The van der Waals surface area contributed by atoms with Gasteiger partial charge in [-0.3, -0.25) is 4.79 Å². The molecule has 2 rings (SSSR count). The molecule has 1 aromatic carbocycles. The molecule has 1 fully saturated rings. The van der Waals surface area contributed by atoms with Crippen LogP contribution in [0.15, 0.2) is 30.0 Å². The number of nitrogens with one attached hydrogen (secondary N) is 2. The van der Waals surface area contributed by atoms with Gasteiger partial charge in [0.2, 0.25) is 0 Å². The Kier molecular flexibility index (Phi) is 7.69. The predicted molar refractivity (Wildman–Crippen MR) is 105 cm³/mol. The number of anilines is 1. The molecule has 0 unspecified atom stereocenters. The highest BCUT2D eigenvalue weighted by Crippen LogP contribution is 2.25. The van der Waals surface area contributed by atoms with Gasteiger partial charge in [-0.25, -0.2) is 4.79 Å². The van der Waals surface area contributed by atoms with E-state index in [-0.39, 0.29) is 17.7 Å². The Labute approximate surface area is 165 Å². The fraction of sp³-hybridized carbons (Fsp3) is 0.450. The summed E-state index contributed by atoms with van der Waals surface area (Å²) in [5.41, 5.74) is 1.44. The van der Waals surface area contributed by atoms with Crippen molar-refractivity contribution in [3.05, 3.63) is 35.5 Å². The first-order chi connectivity index (χ1) is 13.5. The molecule has 0 aromatic heterocycles. The van der Waals surface area contributed by atoms with Crippen molar-refractivity contribution in [2.45, 2.75) is 32.7 Å². The zero-order valence-corrected chi connectivity index (χ0v) is 16.4. The SMILES string of the molecule is CCOC(=O)N1CCC(N/C=C(/C#N)C(=O)Nc2cc(C)ccc2OC)CC1. The van der Waals surface area contributed by atoms with Gasteiger partial charge in [0.15, 0.2) is 0 Å². The lowest BCUT2D eigenvalue weighted by Gasteiger charge is -2.31. The summed E-state index contributed by atoms with van der Waals surface area (Å²) < 4.78 is 10.2. The molecule has 150 valence electrons. The molecule has 2 N–H and O–H groups in total. The average Bonchev–Trinajstić information content (AvgIpc) is 2.69. The molecule has 8 heteroatoms. The zero-order valence-electron chi connectivity index (χ0n) is 16.4. The highest BCUT2D eigenvalue weighted by atomic mass is 16.6. The van der Waals surface area contributed by atoms with Gasteiger partial charge in [-0.2, -0.15) is 5.26 Å². The van der Waals surface area contributed by atoms with Crippen molar-refractivity contribution in [3.8, 4) is 11.8 Å². The van der Waals surface area contributed by atoms with Crippen molar-refractivity contribution in [2.24, 2.45) is 0 Å². The Morgan fingerprint density at radius 1 is 1.36 bits per heavy atom. The van der Waals surface area contributed by atoms with Crippen LogP contribution in [-0.4, -0.2) is 49.7 Å². The van der Waals surface area contributed by atoms with E-state index in [1.807, 2.05) is 19.1 Å². The van der Waals surface area contributed by atoms with Gasteiger partial charge in [-0.05, 0) is 44.4 Å². The fourth-order valence-corrected chi connectivity index (χ4v) is 2.90. The van der Waals surface area contributed by atoms with E-state index in [1.165, 1.54) is 13.3 Å². The molecule has 1 aliphatic rings. The highest BCUT2D eigenvalue weighted by Gasteiger charge is 2.23. The van der Waals surface area contributed by atoms with E-state index < -0.39 is 5.91 Å². The smallest absolute Gasteiger partial charge is 0.409 e. The second-order valence-corrected chi connectivity index (χ2v) is 6.45. The van der Waals surface area contributed by atoms with Crippen molar-refractivity contribution >= 4 is 17.7 Å². The summed E-state index contributed by atoms with van der Waals surface area (Å²) >= 11 is 0. The molecule has 0 spiro atoms. The second-order valence-electron chi connectivity index (χ2n) is 6.45. The second kappa shape index (κ2) is 10.2. The minimum absolute atomic E-state index is 0.0311. The largest absolute Gasteiger partial charge is 0.495 e. The van der Waals surface area contributed by atoms with Crippen LogP contribution in [0.5, 0.6) is 5.75 Å². The third kappa shape index (κ3) is 5.64. The molecular weight excluding hydrogens is 360 g/mol. The maximum absolute atomic E-state index is 12.4. The maximum atomic E-state index is 12.4. The minimum Gasteiger partial charge on any atom is -0.495 e. The number of carbonyl (C=O) groups is 2. The first-order valence-corrected chi connectivity index (χ1v) is 9.22. The molecule has 1 aromatic rings. The fourth-order valence-electron chi connectivity index (χ4n) is 2.90. The molecule has 1 heterocycles. The Bertz CT molecular complexity index is 777. The van der Waals surface area contributed by atoms with Crippen LogP contribution in [0.3, 0.4) is 0 Å². The highest BCUT2D eigenvalue weighted by molar-refractivity contribution is 6.07. The Morgan fingerprint density at radius 2 is 2.07 bits per heavy atom. The van der Waals surface area contributed by atoms with Crippen molar-refractivity contribution in [3.63, 3.8) is 0 Å². The van der Waals surface area contributed by atoms with Gasteiger partial charge < -0.3 is 25.0 Å². The lowest BCUT2D eigenvalue weighted by molar-refractivity contribution is -0.112. The number of amides is 2. The standard InChI is InChI=1S/C20H26N4O4/c1-4-28-20(26)24-9-7-16(8-10-24)22-13-15(12-21)19(25)23-17-11-14(2)5-6-18(17)27-3/h5-6,11,13,16,22H,4,7-10H2,1-3H3,(H,23,25)/b15-13-. The van der Waals surface area contributed by atoms with Crippen LogP contribution in [-0.2, 0) is 9.53 Å². The number of carbonyl (C=O) groups excluding carboxylic acids is 2. The number of aryl methyl sites for hydroxylation is 1. The summed E-state index contributed by atoms with van der Waals surface area (Å²) in [5, 5.41) is 15.2. The van der Waals surface area contributed by atoms with Crippen LogP contribution in [0.25, 0.3) is 0 Å². The van der Waals surface area contributed by atoms with Crippen LogP contribution >= 0.6 is 0 Å². The van der Waals surface area contributed by atoms with Crippen molar-refractivity contribution in [2.75, 3.05) is 32.1 Å². The van der Waals surface area contributed by atoms with Crippen LogP contribution in [0, 0.1) is 18.3 Å². The number of methoxy groups -OCH3 is 1. The lowest BCUT2D eigenvalue weighted by atomic mass is 10.1. The third-order valence-corrected chi connectivity index (χ3v) is 4.45. The van der Waals surface area contributed by atoms with Gasteiger partial charge >= 0.3 is 6.09 Å². The minimum atomic E-state index is -0.511.